The molecule has 0 radical (unpaired) electrons. The molecule has 108 valence electrons. The van der Waals surface area contributed by atoms with E-state index in [1.165, 1.54) is 29.7 Å². The SMILES string of the molecule is CN1CCCc2cc(CNC3CCC(=O)NC3)ccc21. The number of fused-ring (bicyclic) bond motifs is 1. The molecule has 0 aromatic heterocycles. The summed E-state index contributed by atoms with van der Waals surface area (Å²) < 4.78 is 0. The smallest absolute Gasteiger partial charge is 0.220 e. The maximum absolute atomic E-state index is 11.1. The highest BCUT2D eigenvalue weighted by Gasteiger charge is 2.18. The molecule has 0 bridgehead atoms. The molecule has 2 heterocycles. The van der Waals surface area contributed by atoms with E-state index in [1.807, 2.05) is 0 Å². The number of amides is 1. The molecule has 1 aromatic rings. The summed E-state index contributed by atoms with van der Waals surface area (Å²) >= 11 is 0. The zero-order valence-electron chi connectivity index (χ0n) is 12.1. The van der Waals surface area contributed by atoms with E-state index in [9.17, 15) is 4.79 Å². The molecule has 0 aliphatic carbocycles. The summed E-state index contributed by atoms with van der Waals surface area (Å²) in [5.41, 5.74) is 4.19. The van der Waals surface area contributed by atoms with Crippen LogP contribution in [0, 0.1) is 0 Å². The highest BCUT2D eigenvalue weighted by molar-refractivity contribution is 5.76. The van der Waals surface area contributed by atoms with Gasteiger partial charge in [0.15, 0.2) is 0 Å². The van der Waals surface area contributed by atoms with Crippen LogP contribution in [-0.4, -0.2) is 32.1 Å². The van der Waals surface area contributed by atoms with Crippen molar-refractivity contribution in [1.29, 1.82) is 0 Å². The first kappa shape index (κ1) is 13.4. The van der Waals surface area contributed by atoms with Gasteiger partial charge in [0.25, 0.3) is 0 Å². The Balaban J connectivity index is 1.59. The second-order valence-electron chi connectivity index (χ2n) is 5.91. The van der Waals surface area contributed by atoms with Gasteiger partial charge < -0.3 is 15.5 Å². The fourth-order valence-corrected chi connectivity index (χ4v) is 3.12. The van der Waals surface area contributed by atoms with E-state index in [1.54, 1.807) is 0 Å². The van der Waals surface area contributed by atoms with Crippen LogP contribution in [0.15, 0.2) is 18.2 Å². The average molecular weight is 273 g/mol. The predicted molar refractivity (Wildman–Crippen MR) is 80.9 cm³/mol. The Morgan fingerprint density at radius 1 is 1.40 bits per heavy atom. The van der Waals surface area contributed by atoms with Crippen LogP contribution in [0.5, 0.6) is 0 Å². The van der Waals surface area contributed by atoms with Crippen LogP contribution in [0.1, 0.15) is 30.4 Å². The molecule has 1 fully saturated rings. The van der Waals surface area contributed by atoms with Crippen molar-refractivity contribution < 1.29 is 4.79 Å². The number of anilines is 1. The zero-order chi connectivity index (χ0) is 13.9. The summed E-state index contributed by atoms with van der Waals surface area (Å²) in [4.78, 5) is 13.5. The highest BCUT2D eigenvalue weighted by Crippen LogP contribution is 2.26. The fourth-order valence-electron chi connectivity index (χ4n) is 3.12. The number of hydrogen-bond donors (Lipinski definition) is 2. The first-order valence-corrected chi connectivity index (χ1v) is 7.55. The van der Waals surface area contributed by atoms with E-state index in [4.69, 9.17) is 0 Å². The van der Waals surface area contributed by atoms with Crippen molar-refractivity contribution in [2.45, 2.75) is 38.3 Å². The van der Waals surface area contributed by atoms with Crippen molar-refractivity contribution in [3.05, 3.63) is 29.3 Å². The van der Waals surface area contributed by atoms with Crippen molar-refractivity contribution in [2.24, 2.45) is 0 Å². The monoisotopic (exact) mass is 273 g/mol. The van der Waals surface area contributed by atoms with Crippen LogP contribution in [0.25, 0.3) is 0 Å². The Labute approximate surface area is 120 Å². The lowest BCUT2D eigenvalue weighted by molar-refractivity contribution is -0.122. The molecular formula is C16H23N3O. The molecule has 0 spiro atoms. The van der Waals surface area contributed by atoms with Crippen LogP contribution in [-0.2, 0) is 17.8 Å². The number of aryl methyl sites for hydroxylation is 1. The number of carbonyl (C=O) groups excluding carboxylic acids is 1. The molecule has 1 amide bonds. The van der Waals surface area contributed by atoms with Crippen molar-refractivity contribution in [2.75, 3.05) is 25.0 Å². The quantitative estimate of drug-likeness (QED) is 0.876. The summed E-state index contributed by atoms with van der Waals surface area (Å²) in [6, 6.07) is 7.20. The van der Waals surface area contributed by atoms with Gasteiger partial charge in [-0.3, -0.25) is 4.79 Å². The third-order valence-corrected chi connectivity index (χ3v) is 4.36. The van der Waals surface area contributed by atoms with Gasteiger partial charge in [0, 0.05) is 44.8 Å². The number of rotatable bonds is 3. The molecule has 1 aromatic carbocycles. The predicted octanol–water partition coefficient (Wildman–Crippen LogP) is 1.44. The van der Waals surface area contributed by atoms with Gasteiger partial charge in [-0.25, -0.2) is 0 Å². The molecule has 2 aliphatic rings. The number of hydrogen-bond acceptors (Lipinski definition) is 3. The number of piperidine rings is 1. The van der Waals surface area contributed by atoms with E-state index in [-0.39, 0.29) is 5.91 Å². The van der Waals surface area contributed by atoms with Gasteiger partial charge in [-0.15, -0.1) is 0 Å². The first-order valence-electron chi connectivity index (χ1n) is 7.55. The third-order valence-electron chi connectivity index (χ3n) is 4.36. The largest absolute Gasteiger partial charge is 0.374 e. The summed E-state index contributed by atoms with van der Waals surface area (Å²) in [5, 5.41) is 6.46. The standard InChI is InChI=1S/C16H23N3O/c1-19-8-2-3-13-9-12(4-6-15(13)19)10-17-14-5-7-16(20)18-11-14/h4,6,9,14,17H,2-3,5,7-8,10-11H2,1H3,(H,18,20). The maximum Gasteiger partial charge on any atom is 0.220 e. The Kier molecular flexibility index (Phi) is 3.92. The minimum absolute atomic E-state index is 0.180. The number of nitrogens with one attached hydrogen (secondary N) is 2. The van der Waals surface area contributed by atoms with Gasteiger partial charge in [-0.2, -0.15) is 0 Å². The Morgan fingerprint density at radius 2 is 2.30 bits per heavy atom. The van der Waals surface area contributed by atoms with E-state index in [0.717, 1.165) is 26.1 Å². The lowest BCUT2D eigenvalue weighted by atomic mass is 9.99. The first-order chi connectivity index (χ1) is 9.72. The van der Waals surface area contributed by atoms with Crippen molar-refractivity contribution in [3.63, 3.8) is 0 Å². The minimum Gasteiger partial charge on any atom is -0.374 e. The molecular weight excluding hydrogens is 250 g/mol. The van der Waals surface area contributed by atoms with Gasteiger partial charge in [0.2, 0.25) is 5.91 Å². The lowest BCUT2D eigenvalue weighted by Gasteiger charge is -2.28. The molecule has 20 heavy (non-hydrogen) atoms. The number of benzene rings is 1. The van der Waals surface area contributed by atoms with Crippen LogP contribution >= 0.6 is 0 Å². The van der Waals surface area contributed by atoms with Crippen LogP contribution in [0.3, 0.4) is 0 Å². The molecule has 2 aliphatic heterocycles. The Bertz CT molecular complexity index is 490. The second-order valence-corrected chi connectivity index (χ2v) is 5.91. The molecule has 4 heteroatoms. The summed E-state index contributed by atoms with van der Waals surface area (Å²) in [7, 11) is 2.17. The fraction of sp³-hybridized carbons (Fsp3) is 0.562. The zero-order valence-corrected chi connectivity index (χ0v) is 12.1. The third kappa shape index (κ3) is 2.96. The van der Waals surface area contributed by atoms with Gasteiger partial charge in [0.1, 0.15) is 0 Å². The molecule has 1 unspecified atom stereocenters. The van der Waals surface area contributed by atoms with Gasteiger partial charge in [0.05, 0.1) is 0 Å². The molecule has 1 saturated heterocycles. The van der Waals surface area contributed by atoms with E-state index in [0.29, 0.717) is 12.5 Å². The molecule has 2 N–H and O–H groups in total. The Hall–Kier alpha value is -1.55. The van der Waals surface area contributed by atoms with Gasteiger partial charge in [-0.1, -0.05) is 12.1 Å². The Morgan fingerprint density at radius 3 is 3.10 bits per heavy atom. The molecule has 3 rings (SSSR count). The van der Waals surface area contributed by atoms with Crippen LogP contribution < -0.4 is 15.5 Å². The molecule has 4 nitrogen and oxygen atoms in total. The summed E-state index contributed by atoms with van der Waals surface area (Å²) in [5.74, 6) is 0.180. The summed E-state index contributed by atoms with van der Waals surface area (Å²) in [6.07, 6.45) is 4.02. The molecule has 0 saturated carbocycles. The van der Waals surface area contributed by atoms with Crippen molar-refractivity contribution in [3.8, 4) is 0 Å². The highest BCUT2D eigenvalue weighted by atomic mass is 16.1. The van der Waals surface area contributed by atoms with Crippen molar-refractivity contribution >= 4 is 11.6 Å². The number of carbonyl (C=O) groups is 1. The van der Waals surface area contributed by atoms with Gasteiger partial charge in [-0.05, 0) is 36.5 Å². The van der Waals surface area contributed by atoms with Crippen LogP contribution in [0.2, 0.25) is 0 Å². The van der Waals surface area contributed by atoms with Crippen LogP contribution in [0.4, 0.5) is 5.69 Å². The topological polar surface area (TPSA) is 44.4 Å². The average Bonchev–Trinajstić information content (AvgIpc) is 2.47. The number of nitrogens with zero attached hydrogens (tertiary/aromatic N) is 1. The maximum atomic E-state index is 11.1. The van der Waals surface area contributed by atoms with E-state index < -0.39 is 0 Å². The van der Waals surface area contributed by atoms with E-state index in [2.05, 4.69) is 40.8 Å². The van der Waals surface area contributed by atoms with E-state index >= 15 is 0 Å². The minimum atomic E-state index is 0.180. The lowest BCUT2D eigenvalue weighted by Crippen LogP contribution is -2.45. The second kappa shape index (κ2) is 5.83. The van der Waals surface area contributed by atoms with Crippen molar-refractivity contribution in [1.82, 2.24) is 10.6 Å². The molecule has 1 atom stereocenters. The van der Waals surface area contributed by atoms with Gasteiger partial charge >= 0.3 is 0 Å². The normalized spacial score (nSPS) is 22.4. The summed E-state index contributed by atoms with van der Waals surface area (Å²) in [6.45, 7) is 2.80.